The number of rotatable bonds is 6. The summed E-state index contributed by atoms with van der Waals surface area (Å²) < 4.78 is 5.35. The van der Waals surface area contributed by atoms with Gasteiger partial charge < -0.3 is 15.0 Å². The van der Waals surface area contributed by atoms with Crippen LogP contribution < -0.4 is 10.1 Å². The summed E-state index contributed by atoms with van der Waals surface area (Å²) in [6, 6.07) is 6.96. The van der Waals surface area contributed by atoms with Gasteiger partial charge >= 0.3 is 0 Å². The Labute approximate surface area is 111 Å². The number of aromatic nitrogens is 2. The highest BCUT2D eigenvalue weighted by molar-refractivity contribution is 5.94. The number of hydrogen-bond acceptors (Lipinski definition) is 3. The number of hydrogen-bond donors (Lipinski definition) is 2. The van der Waals surface area contributed by atoms with Crippen LogP contribution in [-0.4, -0.2) is 22.5 Å². The van der Waals surface area contributed by atoms with E-state index in [9.17, 15) is 4.79 Å². The van der Waals surface area contributed by atoms with Gasteiger partial charge in [0.1, 0.15) is 12.4 Å². The predicted molar refractivity (Wildman–Crippen MR) is 71.9 cm³/mol. The summed E-state index contributed by atoms with van der Waals surface area (Å²) in [5.74, 6) is 0.579. The smallest absolute Gasteiger partial charge is 0.251 e. The molecule has 2 N–H and O–H groups in total. The lowest BCUT2D eigenvalue weighted by Crippen LogP contribution is -2.22. The molecule has 1 aromatic carbocycles. The van der Waals surface area contributed by atoms with Crippen LogP contribution in [0.1, 0.15) is 16.1 Å². The van der Waals surface area contributed by atoms with Crippen LogP contribution in [0.3, 0.4) is 0 Å². The maximum absolute atomic E-state index is 11.9. The highest BCUT2D eigenvalue weighted by Crippen LogP contribution is 2.12. The van der Waals surface area contributed by atoms with E-state index < -0.39 is 0 Å². The molecule has 2 rings (SSSR count). The number of benzene rings is 1. The van der Waals surface area contributed by atoms with Crippen LogP contribution in [0.15, 0.2) is 49.4 Å². The molecule has 0 unspecified atom stereocenters. The Morgan fingerprint density at radius 1 is 1.42 bits per heavy atom. The van der Waals surface area contributed by atoms with E-state index in [-0.39, 0.29) is 5.91 Å². The highest BCUT2D eigenvalue weighted by Gasteiger charge is 2.05. The van der Waals surface area contributed by atoms with Crippen LogP contribution in [0.25, 0.3) is 0 Å². The Morgan fingerprint density at radius 3 is 2.84 bits per heavy atom. The number of nitrogens with zero attached hydrogens (tertiary/aromatic N) is 1. The van der Waals surface area contributed by atoms with Crippen LogP contribution in [-0.2, 0) is 6.54 Å². The molecule has 19 heavy (non-hydrogen) atoms. The topological polar surface area (TPSA) is 67.0 Å². The van der Waals surface area contributed by atoms with Crippen molar-refractivity contribution in [3.63, 3.8) is 0 Å². The number of amides is 1. The first-order chi connectivity index (χ1) is 9.29. The Balaban J connectivity index is 1.90. The largest absolute Gasteiger partial charge is 0.490 e. The summed E-state index contributed by atoms with van der Waals surface area (Å²) in [6.07, 6.45) is 4.92. The minimum absolute atomic E-state index is 0.134. The van der Waals surface area contributed by atoms with Gasteiger partial charge in [0.05, 0.1) is 18.6 Å². The maximum Gasteiger partial charge on any atom is 0.251 e. The Kier molecular flexibility index (Phi) is 4.34. The summed E-state index contributed by atoms with van der Waals surface area (Å²) in [6.45, 7) is 4.45. The molecule has 1 amide bonds. The van der Waals surface area contributed by atoms with Crippen molar-refractivity contribution in [2.75, 3.05) is 6.61 Å². The average Bonchev–Trinajstić information content (AvgIpc) is 2.96. The number of ether oxygens (including phenoxy) is 1. The number of carbonyl (C=O) groups is 1. The summed E-state index contributed by atoms with van der Waals surface area (Å²) in [5, 5.41) is 2.80. The van der Waals surface area contributed by atoms with Crippen molar-refractivity contribution in [3.8, 4) is 5.75 Å². The minimum atomic E-state index is -0.134. The molecule has 0 aliphatic rings. The van der Waals surface area contributed by atoms with E-state index in [0.717, 1.165) is 5.69 Å². The van der Waals surface area contributed by atoms with E-state index in [0.29, 0.717) is 24.5 Å². The second kappa shape index (κ2) is 6.39. The van der Waals surface area contributed by atoms with Gasteiger partial charge in [0, 0.05) is 11.8 Å². The van der Waals surface area contributed by atoms with Crippen molar-refractivity contribution in [2.24, 2.45) is 0 Å². The first kappa shape index (κ1) is 12.9. The molecule has 2 aromatic rings. The van der Waals surface area contributed by atoms with Gasteiger partial charge in [0.15, 0.2) is 0 Å². The monoisotopic (exact) mass is 257 g/mol. The van der Waals surface area contributed by atoms with Gasteiger partial charge in [0.2, 0.25) is 0 Å². The lowest BCUT2D eigenvalue weighted by atomic mass is 10.2. The van der Waals surface area contributed by atoms with E-state index in [1.165, 1.54) is 0 Å². The van der Waals surface area contributed by atoms with Gasteiger partial charge in [-0.1, -0.05) is 12.7 Å². The van der Waals surface area contributed by atoms with Gasteiger partial charge in [-0.25, -0.2) is 4.98 Å². The lowest BCUT2D eigenvalue weighted by Gasteiger charge is -2.06. The van der Waals surface area contributed by atoms with E-state index in [4.69, 9.17) is 4.74 Å². The average molecular weight is 257 g/mol. The minimum Gasteiger partial charge on any atom is -0.490 e. The van der Waals surface area contributed by atoms with Crippen molar-refractivity contribution in [2.45, 2.75) is 6.54 Å². The molecule has 0 radical (unpaired) electrons. The normalized spacial score (nSPS) is 9.89. The van der Waals surface area contributed by atoms with Gasteiger partial charge in [0.25, 0.3) is 5.91 Å². The standard InChI is InChI=1S/C14H15N3O2/c1-2-7-19-13-5-3-11(4-6-13)14(18)16-9-12-8-15-10-17-12/h2-6,8,10H,1,7,9H2,(H,15,17)(H,16,18). The maximum atomic E-state index is 11.9. The van der Waals surface area contributed by atoms with Crippen LogP contribution in [0.4, 0.5) is 0 Å². The third kappa shape index (κ3) is 3.70. The van der Waals surface area contributed by atoms with E-state index in [1.54, 1.807) is 42.9 Å². The van der Waals surface area contributed by atoms with Gasteiger partial charge in [-0.05, 0) is 24.3 Å². The van der Waals surface area contributed by atoms with Crippen molar-refractivity contribution in [3.05, 3.63) is 60.7 Å². The fourth-order valence-electron chi connectivity index (χ4n) is 1.52. The summed E-state index contributed by atoms with van der Waals surface area (Å²) >= 11 is 0. The first-order valence-corrected chi connectivity index (χ1v) is 5.89. The molecular formula is C14H15N3O2. The Bertz CT molecular complexity index is 532. The third-order valence-electron chi connectivity index (χ3n) is 2.48. The van der Waals surface area contributed by atoms with E-state index in [1.807, 2.05) is 0 Å². The molecule has 0 spiro atoms. The zero-order chi connectivity index (χ0) is 13.5. The molecule has 1 heterocycles. The molecule has 0 saturated heterocycles. The molecule has 0 atom stereocenters. The van der Waals surface area contributed by atoms with Gasteiger partial charge in [-0.2, -0.15) is 0 Å². The molecule has 5 nitrogen and oxygen atoms in total. The summed E-state index contributed by atoms with van der Waals surface area (Å²) in [4.78, 5) is 18.7. The second-order valence-corrected chi connectivity index (χ2v) is 3.88. The number of H-pyrrole nitrogens is 1. The molecule has 98 valence electrons. The zero-order valence-electron chi connectivity index (χ0n) is 10.4. The predicted octanol–water partition coefficient (Wildman–Crippen LogP) is 1.90. The molecule has 0 aliphatic heterocycles. The quantitative estimate of drug-likeness (QED) is 0.777. The molecular weight excluding hydrogens is 242 g/mol. The molecule has 0 aliphatic carbocycles. The van der Waals surface area contributed by atoms with Crippen LogP contribution in [0.2, 0.25) is 0 Å². The number of imidazole rings is 1. The molecule has 0 fully saturated rings. The van der Waals surface area contributed by atoms with Crippen LogP contribution in [0.5, 0.6) is 5.75 Å². The SMILES string of the molecule is C=CCOc1ccc(C(=O)NCc2cnc[nH]2)cc1. The van der Waals surface area contributed by atoms with Crippen molar-refractivity contribution in [1.82, 2.24) is 15.3 Å². The highest BCUT2D eigenvalue weighted by atomic mass is 16.5. The summed E-state index contributed by atoms with van der Waals surface area (Å²) in [5.41, 5.74) is 1.45. The van der Waals surface area contributed by atoms with E-state index >= 15 is 0 Å². The first-order valence-electron chi connectivity index (χ1n) is 5.89. The van der Waals surface area contributed by atoms with Crippen LogP contribution >= 0.6 is 0 Å². The molecule has 5 heteroatoms. The number of nitrogens with one attached hydrogen (secondary N) is 2. The van der Waals surface area contributed by atoms with Crippen LogP contribution in [0, 0.1) is 0 Å². The molecule has 0 saturated carbocycles. The molecule has 1 aromatic heterocycles. The van der Waals surface area contributed by atoms with Gasteiger partial charge in [-0.15, -0.1) is 0 Å². The number of carbonyl (C=O) groups excluding carboxylic acids is 1. The zero-order valence-corrected chi connectivity index (χ0v) is 10.4. The fraction of sp³-hybridized carbons (Fsp3) is 0.143. The van der Waals surface area contributed by atoms with E-state index in [2.05, 4.69) is 21.9 Å². The van der Waals surface area contributed by atoms with Crippen molar-refractivity contribution in [1.29, 1.82) is 0 Å². The Morgan fingerprint density at radius 2 is 2.21 bits per heavy atom. The third-order valence-corrected chi connectivity index (χ3v) is 2.48. The van der Waals surface area contributed by atoms with Crippen molar-refractivity contribution < 1.29 is 9.53 Å². The van der Waals surface area contributed by atoms with Crippen molar-refractivity contribution >= 4 is 5.91 Å². The lowest BCUT2D eigenvalue weighted by molar-refractivity contribution is 0.0950. The second-order valence-electron chi connectivity index (χ2n) is 3.88. The molecule has 0 bridgehead atoms. The fourth-order valence-corrected chi connectivity index (χ4v) is 1.52. The van der Waals surface area contributed by atoms with Gasteiger partial charge in [-0.3, -0.25) is 4.79 Å². The summed E-state index contributed by atoms with van der Waals surface area (Å²) in [7, 11) is 0. The Hall–Kier alpha value is -2.56. The number of aromatic amines is 1.